The third-order valence-corrected chi connectivity index (χ3v) is 2.80. The van der Waals surface area contributed by atoms with Gasteiger partial charge in [-0.2, -0.15) is 11.8 Å². The summed E-state index contributed by atoms with van der Waals surface area (Å²) in [5, 5.41) is 3.27. The minimum Gasteiger partial charge on any atom is -0.316 e. The Morgan fingerprint density at radius 3 is 2.90 bits per heavy atom. The van der Waals surface area contributed by atoms with Crippen molar-refractivity contribution in [2.45, 2.75) is 6.92 Å². The Labute approximate surface area is 67.3 Å². The molecule has 0 aliphatic carbocycles. The molecule has 0 saturated carbocycles. The maximum atomic E-state index is 3.27. The van der Waals surface area contributed by atoms with E-state index in [0.717, 1.165) is 5.92 Å². The smallest absolute Gasteiger partial charge is 0.0113 e. The lowest BCUT2D eigenvalue weighted by Gasteiger charge is -2.26. The molecule has 1 heterocycles. The van der Waals surface area contributed by atoms with Crippen LogP contribution in [0, 0.1) is 5.92 Å². The standard InChI is InChI=1S/C8H15NS/c1-2-3-4-10-7-8-5-9-6-8/h2-3,8-9H,4-7H2,1H3. The lowest BCUT2D eigenvalue weighted by molar-refractivity contribution is 0.385. The van der Waals surface area contributed by atoms with Crippen LogP contribution in [0.25, 0.3) is 0 Å². The van der Waals surface area contributed by atoms with Crippen molar-refractivity contribution in [1.82, 2.24) is 5.32 Å². The van der Waals surface area contributed by atoms with Gasteiger partial charge in [0.15, 0.2) is 0 Å². The summed E-state index contributed by atoms with van der Waals surface area (Å²) in [6.45, 7) is 4.55. The molecule has 58 valence electrons. The van der Waals surface area contributed by atoms with E-state index in [0.29, 0.717) is 0 Å². The second-order valence-corrected chi connectivity index (χ2v) is 3.71. The molecule has 1 nitrogen and oxygen atoms in total. The molecule has 0 radical (unpaired) electrons. The van der Waals surface area contributed by atoms with E-state index in [2.05, 4.69) is 24.4 Å². The van der Waals surface area contributed by atoms with Gasteiger partial charge < -0.3 is 5.32 Å². The van der Waals surface area contributed by atoms with Crippen molar-refractivity contribution in [2.75, 3.05) is 24.6 Å². The lowest BCUT2D eigenvalue weighted by atomic mass is 10.1. The molecule has 1 aliphatic rings. The highest BCUT2D eigenvalue weighted by molar-refractivity contribution is 7.99. The number of hydrogen-bond acceptors (Lipinski definition) is 2. The minimum absolute atomic E-state index is 0.954. The molecule has 0 atom stereocenters. The fourth-order valence-electron chi connectivity index (χ4n) is 0.865. The van der Waals surface area contributed by atoms with Gasteiger partial charge in [0, 0.05) is 5.75 Å². The average molecular weight is 157 g/mol. The van der Waals surface area contributed by atoms with Gasteiger partial charge in [-0.1, -0.05) is 12.2 Å². The highest BCUT2D eigenvalue weighted by atomic mass is 32.2. The normalized spacial score (nSPS) is 19.7. The molecule has 1 fully saturated rings. The summed E-state index contributed by atoms with van der Waals surface area (Å²) in [7, 11) is 0. The van der Waals surface area contributed by atoms with Gasteiger partial charge in [-0.25, -0.2) is 0 Å². The Kier molecular flexibility index (Phi) is 3.91. The van der Waals surface area contributed by atoms with Crippen LogP contribution < -0.4 is 5.32 Å². The van der Waals surface area contributed by atoms with E-state index < -0.39 is 0 Å². The van der Waals surface area contributed by atoms with Gasteiger partial charge in [0.1, 0.15) is 0 Å². The summed E-state index contributed by atoms with van der Waals surface area (Å²) >= 11 is 2.03. The largest absolute Gasteiger partial charge is 0.316 e. The molecule has 1 rings (SSSR count). The first kappa shape index (κ1) is 8.15. The molecule has 1 saturated heterocycles. The minimum atomic E-state index is 0.954. The first-order chi connectivity index (χ1) is 4.93. The third kappa shape index (κ3) is 2.76. The van der Waals surface area contributed by atoms with E-state index in [1.54, 1.807) is 0 Å². The van der Waals surface area contributed by atoms with Crippen LogP contribution >= 0.6 is 11.8 Å². The average Bonchev–Trinajstić information content (AvgIpc) is 1.84. The Morgan fingerprint density at radius 2 is 2.40 bits per heavy atom. The Bertz CT molecular complexity index is 108. The molecule has 2 heteroatoms. The molecule has 0 unspecified atom stereocenters. The predicted octanol–water partition coefficient (Wildman–Crippen LogP) is 1.52. The number of rotatable bonds is 4. The monoisotopic (exact) mass is 157 g/mol. The number of allylic oxidation sites excluding steroid dienone is 1. The van der Waals surface area contributed by atoms with E-state index in [1.807, 2.05) is 11.8 Å². The van der Waals surface area contributed by atoms with Gasteiger partial charge in [0.25, 0.3) is 0 Å². The lowest BCUT2D eigenvalue weighted by Crippen LogP contribution is -2.43. The van der Waals surface area contributed by atoms with E-state index >= 15 is 0 Å². The van der Waals surface area contributed by atoms with Crippen molar-refractivity contribution in [3.63, 3.8) is 0 Å². The summed E-state index contributed by atoms with van der Waals surface area (Å²) in [6.07, 6.45) is 4.34. The summed E-state index contributed by atoms with van der Waals surface area (Å²) in [5.41, 5.74) is 0. The van der Waals surface area contributed by atoms with Gasteiger partial charge in [-0.15, -0.1) is 0 Å². The zero-order valence-corrected chi connectivity index (χ0v) is 7.29. The van der Waals surface area contributed by atoms with Gasteiger partial charge >= 0.3 is 0 Å². The van der Waals surface area contributed by atoms with E-state index in [4.69, 9.17) is 0 Å². The van der Waals surface area contributed by atoms with Gasteiger partial charge in [0.2, 0.25) is 0 Å². The Hall–Kier alpha value is 0.0500. The highest BCUT2D eigenvalue weighted by Crippen LogP contribution is 2.11. The van der Waals surface area contributed by atoms with Crippen LogP contribution in [0.2, 0.25) is 0 Å². The van der Waals surface area contributed by atoms with Gasteiger partial charge in [0.05, 0.1) is 0 Å². The van der Waals surface area contributed by atoms with Crippen LogP contribution in [-0.4, -0.2) is 24.6 Å². The van der Waals surface area contributed by atoms with Crippen molar-refractivity contribution < 1.29 is 0 Å². The molecule has 0 aromatic carbocycles. The molecule has 0 bridgehead atoms. The Balaban J connectivity index is 1.85. The van der Waals surface area contributed by atoms with E-state index in [9.17, 15) is 0 Å². The predicted molar refractivity (Wildman–Crippen MR) is 48.5 cm³/mol. The zero-order chi connectivity index (χ0) is 7.23. The first-order valence-electron chi connectivity index (χ1n) is 3.83. The van der Waals surface area contributed by atoms with Crippen LogP contribution in [-0.2, 0) is 0 Å². The van der Waals surface area contributed by atoms with Crippen molar-refractivity contribution in [3.8, 4) is 0 Å². The zero-order valence-electron chi connectivity index (χ0n) is 6.47. The van der Waals surface area contributed by atoms with Gasteiger partial charge in [-0.3, -0.25) is 0 Å². The molecule has 0 spiro atoms. The molecule has 10 heavy (non-hydrogen) atoms. The molecule has 0 amide bonds. The number of hydrogen-bond donors (Lipinski definition) is 1. The number of nitrogens with one attached hydrogen (secondary N) is 1. The Morgan fingerprint density at radius 1 is 1.60 bits per heavy atom. The molecular weight excluding hydrogens is 142 g/mol. The second kappa shape index (κ2) is 4.80. The van der Waals surface area contributed by atoms with Crippen LogP contribution in [0.1, 0.15) is 6.92 Å². The van der Waals surface area contributed by atoms with E-state index in [1.165, 1.54) is 24.6 Å². The molecule has 1 N–H and O–H groups in total. The van der Waals surface area contributed by atoms with Crippen molar-refractivity contribution >= 4 is 11.8 Å². The quantitative estimate of drug-likeness (QED) is 0.490. The molecule has 1 aliphatic heterocycles. The third-order valence-electron chi connectivity index (χ3n) is 1.67. The fourth-order valence-corrected chi connectivity index (χ4v) is 1.90. The van der Waals surface area contributed by atoms with Crippen molar-refractivity contribution in [1.29, 1.82) is 0 Å². The number of thioether (sulfide) groups is 1. The topological polar surface area (TPSA) is 12.0 Å². The van der Waals surface area contributed by atoms with Crippen molar-refractivity contribution in [3.05, 3.63) is 12.2 Å². The fraction of sp³-hybridized carbons (Fsp3) is 0.750. The maximum absolute atomic E-state index is 3.27. The summed E-state index contributed by atoms with van der Waals surface area (Å²) < 4.78 is 0. The highest BCUT2D eigenvalue weighted by Gasteiger charge is 2.15. The molecule has 0 aromatic rings. The second-order valence-electron chi connectivity index (χ2n) is 2.63. The SMILES string of the molecule is CC=CCSCC1CNC1. The van der Waals surface area contributed by atoms with E-state index in [-0.39, 0.29) is 0 Å². The van der Waals surface area contributed by atoms with Gasteiger partial charge in [-0.05, 0) is 31.7 Å². The summed E-state index contributed by atoms with van der Waals surface area (Å²) in [5.74, 6) is 3.47. The van der Waals surface area contributed by atoms with Crippen LogP contribution in [0.15, 0.2) is 12.2 Å². The van der Waals surface area contributed by atoms with Crippen LogP contribution in [0.3, 0.4) is 0 Å². The first-order valence-corrected chi connectivity index (χ1v) is 4.98. The maximum Gasteiger partial charge on any atom is 0.0113 e. The van der Waals surface area contributed by atoms with Crippen LogP contribution in [0.4, 0.5) is 0 Å². The molecule has 0 aromatic heterocycles. The van der Waals surface area contributed by atoms with Crippen molar-refractivity contribution in [2.24, 2.45) is 5.92 Å². The summed E-state index contributed by atoms with van der Waals surface area (Å²) in [4.78, 5) is 0. The summed E-state index contributed by atoms with van der Waals surface area (Å²) in [6, 6.07) is 0. The molecular formula is C8H15NS. The van der Waals surface area contributed by atoms with Crippen LogP contribution in [0.5, 0.6) is 0 Å².